The minimum Gasteiger partial charge on any atom is -0.342 e. The van der Waals surface area contributed by atoms with Crippen LogP contribution in [0.4, 0.5) is 0 Å². The van der Waals surface area contributed by atoms with E-state index in [9.17, 15) is 4.79 Å². The Hall–Kier alpha value is -0.960. The minimum atomic E-state index is 0.0190. The Bertz CT molecular complexity index is 371. The second kappa shape index (κ2) is 6.83. The van der Waals surface area contributed by atoms with Crippen molar-refractivity contribution in [2.75, 3.05) is 13.1 Å². The Morgan fingerprint density at radius 1 is 1.11 bits per heavy atom. The Kier molecular flexibility index (Phi) is 5.12. The van der Waals surface area contributed by atoms with Crippen molar-refractivity contribution in [1.29, 1.82) is 0 Å². The maximum atomic E-state index is 12.4. The van der Waals surface area contributed by atoms with Gasteiger partial charge in [-0.2, -0.15) is 0 Å². The molecule has 2 rings (SSSR count). The molecule has 2 nitrogen and oxygen atoms in total. The fourth-order valence-electron chi connectivity index (χ4n) is 2.30. The zero-order valence-corrected chi connectivity index (χ0v) is 11.8. The van der Waals surface area contributed by atoms with Crippen molar-refractivity contribution in [2.45, 2.75) is 42.8 Å². The Morgan fingerprint density at radius 2 is 1.72 bits per heavy atom. The second-order valence-corrected chi connectivity index (χ2v) is 6.23. The number of thioether (sulfide) groups is 1. The lowest BCUT2D eigenvalue weighted by atomic mass is 10.2. The van der Waals surface area contributed by atoms with Crippen molar-refractivity contribution in [3.8, 4) is 0 Å². The average molecular weight is 263 g/mol. The number of hydrogen-bond donors (Lipinski definition) is 0. The van der Waals surface area contributed by atoms with Gasteiger partial charge in [0.15, 0.2) is 0 Å². The van der Waals surface area contributed by atoms with Crippen LogP contribution in [0.2, 0.25) is 0 Å². The summed E-state index contributed by atoms with van der Waals surface area (Å²) < 4.78 is 0. The normalized spacial score (nSPS) is 18.2. The smallest absolute Gasteiger partial charge is 0.235 e. The van der Waals surface area contributed by atoms with E-state index in [1.165, 1.54) is 17.7 Å². The van der Waals surface area contributed by atoms with Gasteiger partial charge >= 0.3 is 0 Å². The van der Waals surface area contributed by atoms with E-state index in [0.29, 0.717) is 5.91 Å². The molecule has 1 heterocycles. The SMILES string of the molecule is CC(Sc1ccccc1)C(=O)N1CCCCCC1. The third-order valence-electron chi connectivity index (χ3n) is 3.32. The third kappa shape index (κ3) is 3.77. The van der Waals surface area contributed by atoms with Crippen LogP contribution in [0, 0.1) is 0 Å². The molecule has 1 aliphatic heterocycles. The van der Waals surface area contributed by atoms with Crippen LogP contribution in [0.15, 0.2) is 35.2 Å². The molecule has 0 aliphatic carbocycles. The molecule has 18 heavy (non-hydrogen) atoms. The highest BCUT2D eigenvalue weighted by atomic mass is 32.2. The lowest BCUT2D eigenvalue weighted by molar-refractivity contribution is -0.130. The summed E-state index contributed by atoms with van der Waals surface area (Å²) >= 11 is 1.66. The number of benzene rings is 1. The van der Waals surface area contributed by atoms with Gasteiger partial charge < -0.3 is 4.90 Å². The van der Waals surface area contributed by atoms with Crippen molar-refractivity contribution in [3.63, 3.8) is 0 Å². The van der Waals surface area contributed by atoms with E-state index in [1.54, 1.807) is 11.8 Å². The molecular weight excluding hydrogens is 242 g/mol. The number of likely N-dealkylation sites (tertiary alicyclic amines) is 1. The topological polar surface area (TPSA) is 20.3 Å². The molecule has 1 atom stereocenters. The first-order valence-corrected chi connectivity index (χ1v) is 7.66. The molecule has 0 N–H and O–H groups in total. The summed E-state index contributed by atoms with van der Waals surface area (Å²) in [6.07, 6.45) is 4.86. The summed E-state index contributed by atoms with van der Waals surface area (Å²) in [6.45, 7) is 3.90. The fraction of sp³-hybridized carbons (Fsp3) is 0.533. The first kappa shape index (κ1) is 13.5. The summed E-state index contributed by atoms with van der Waals surface area (Å²) in [5.74, 6) is 0.297. The highest BCUT2D eigenvalue weighted by Gasteiger charge is 2.21. The second-order valence-electron chi connectivity index (χ2n) is 4.81. The standard InChI is InChI=1S/C15H21NOS/c1-13(18-14-9-5-4-6-10-14)15(17)16-11-7-2-3-8-12-16/h4-6,9-10,13H,2-3,7-8,11-12H2,1H3. The first-order valence-electron chi connectivity index (χ1n) is 6.78. The van der Waals surface area contributed by atoms with Crippen LogP contribution in [-0.4, -0.2) is 29.1 Å². The molecule has 1 amide bonds. The van der Waals surface area contributed by atoms with Crippen molar-refractivity contribution in [1.82, 2.24) is 4.90 Å². The largest absolute Gasteiger partial charge is 0.342 e. The monoisotopic (exact) mass is 263 g/mol. The van der Waals surface area contributed by atoms with Crippen molar-refractivity contribution in [2.24, 2.45) is 0 Å². The highest BCUT2D eigenvalue weighted by Crippen LogP contribution is 2.24. The van der Waals surface area contributed by atoms with E-state index < -0.39 is 0 Å². The van der Waals surface area contributed by atoms with Gasteiger partial charge in [-0.1, -0.05) is 31.0 Å². The number of hydrogen-bond acceptors (Lipinski definition) is 2. The van der Waals surface area contributed by atoms with E-state index in [4.69, 9.17) is 0 Å². The van der Waals surface area contributed by atoms with Gasteiger partial charge in [0.05, 0.1) is 5.25 Å². The van der Waals surface area contributed by atoms with Crippen molar-refractivity contribution < 1.29 is 4.79 Å². The number of amides is 1. The molecule has 1 aromatic carbocycles. The van der Waals surface area contributed by atoms with Gasteiger partial charge in [0.1, 0.15) is 0 Å². The van der Waals surface area contributed by atoms with Crippen LogP contribution in [0.25, 0.3) is 0 Å². The van der Waals surface area contributed by atoms with Crippen LogP contribution in [-0.2, 0) is 4.79 Å². The van der Waals surface area contributed by atoms with Crippen LogP contribution in [0.5, 0.6) is 0 Å². The summed E-state index contributed by atoms with van der Waals surface area (Å²) in [5.41, 5.74) is 0. The van der Waals surface area contributed by atoms with E-state index in [0.717, 1.165) is 25.9 Å². The summed E-state index contributed by atoms with van der Waals surface area (Å²) in [7, 11) is 0. The third-order valence-corrected chi connectivity index (χ3v) is 4.42. The molecule has 0 bridgehead atoms. The van der Waals surface area contributed by atoms with Crippen molar-refractivity contribution in [3.05, 3.63) is 30.3 Å². The fourth-order valence-corrected chi connectivity index (χ4v) is 3.27. The highest BCUT2D eigenvalue weighted by molar-refractivity contribution is 8.00. The molecule has 1 unspecified atom stereocenters. The molecule has 1 aliphatic rings. The maximum absolute atomic E-state index is 12.4. The Balaban J connectivity index is 1.91. The predicted octanol–water partition coefficient (Wildman–Crippen LogP) is 3.57. The van der Waals surface area contributed by atoms with Gasteiger partial charge in [-0.15, -0.1) is 11.8 Å². The molecule has 1 aromatic rings. The van der Waals surface area contributed by atoms with Gasteiger partial charge in [-0.3, -0.25) is 4.79 Å². The van der Waals surface area contributed by atoms with Crippen LogP contribution in [0.3, 0.4) is 0 Å². The number of nitrogens with zero attached hydrogens (tertiary/aromatic N) is 1. The molecule has 0 aromatic heterocycles. The lowest BCUT2D eigenvalue weighted by Gasteiger charge is -2.23. The molecule has 1 fully saturated rings. The van der Waals surface area contributed by atoms with Crippen LogP contribution in [0.1, 0.15) is 32.6 Å². The number of rotatable bonds is 3. The zero-order chi connectivity index (χ0) is 12.8. The molecule has 3 heteroatoms. The van der Waals surface area contributed by atoms with E-state index in [-0.39, 0.29) is 5.25 Å². The lowest BCUT2D eigenvalue weighted by Crippen LogP contribution is -2.37. The quantitative estimate of drug-likeness (QED) is 0.777. The molecule has 0 spiro atoms. The molecule has 1 saturated heterocycles. The summed E-state index contributed by atoms with van der Waals surface area (Å²) in [6, 6.07) is 10.2. The van der Waals surface area contributed by atoms with Gasteiger partial charge in [0.2, 0.25) is 5.91 Å². The van der Waals surface area contributed by atoms with Gasteiger partial charge in [-0.05, 0) is 31.9 Å². The molecule has 0 saturated carbocycles. The zero-order valence-electron chi connectivity index (χ0n) is 11.0. The van der Waals surface area contributed by atoms with Crippen LogP contribution < -0.4 is 0 Å². The average Bonchev–Trinajstić information content (AvgIpc) is 2.68. The van der Waals surface area contributed by atoms with Gasteiger partial charge in [0, 0.05) is 18.0 Å². The van der Waals surface area contributed by atoms with E-state index >= 15 is 0 Å². The van der Waals surface area contributed by atoms with E-state index in [2.05, 4.69) is 12.1 Å². The Morgan fingerprint density at radius 3 is 2.33 bits per heavy atom. The van der Waals surface area contributed by atoms with Crippen molar-refractivity contribution >= 4 is 17.7 Å². The molecule has 98 valence electrons. The summed E-state index contributed by atoms with van der Waals surface area (Å²) in [5, 5.41) is 0.0190. The van der Waals surface area contributed by atoms with Gasteiger partial charge in [0.25, 0.3) is 0 Å². The van der Waals surface area contributed by atoms with E-state index in [1.807, 2.05) is 30.0 Å². The molecular formula is C15H21NOS. The molecule has 0 radical (unpaired) electrons. The Labute approximate surface area is 114 Å². The first-order chi connectivity index (χ1) is 8.77. The van der Waals surface area contributed by atoms with Gasteiger partial charge in [-0.25, -0.2) is 0 Å². The summed E-state index contributed by atoms with van der Waals surface area (Å²) in [4.78, 5) is 15.6. The number of carbonyl (C=O) groups excluding carboxylic acids is 1. The maximum Gasteiger partial charge on any atom is 0.235 e. The van der Waals surface area contributed by atoms with Crippen LogP contribution >= 0.6 is 11.8 Å². The minimum absolute atomic E-state index is 0.0190. The number of carbonyl (C=O) groups is 1. The predicted molar refractivity (Wildman–Crippen MR) is 76.8 cm³/mol.